The first-order valence-electron chi connectivity index (χ1n) is 7.01. The van der Waals surface area contributed by atoms with Gasteiger partial charge in [0.05, 0.1) is 12.0 Å². The number of rotatable bonds is 4. The smallest absolute Gasteiger partial charge is 0.306 e. The molecule has 4 atom stereocenters. The fourth-order valence-corrected chi connectivity index (χ4v) is 3.41. The van der Waals surface area contributed by atoms with E-state index in [-0.39, 0.29) is 5.92 Å². The molecular formula is C14H24O3. The zero-order valence-corrected chi connectivity index (χ0v) is 10.7. The van der Waals surface area contributed by atoms with Gasteiger partial charge in [-0.3, -0.25) is 4.79 Å². The first-order chi connectivity index (χ1) is 8.16. The van der Waals surface area contributed by atoms with E-state index >= 15 is 0 Å². The van der Waals surface area contributed by atoms with Gasteiger partial charge in [-0.2, -0.15) is 0 Å². The topological polar surface area (TPSA) is 46.5 Å². The Bertz CT molecular complexity index is 258. The molecule has 0 aromatic carbocycles. The van der Waals surface area contributed by atoms with E-state index in [0.29, 0.717) is 17.9 Å². The number of aliphatic carboxylic acids is 1. The predicted molar refractivity (Wildman–Crippen MR) is 65.8 cm³/mol. The van der Waals surface area contributed by atoms with Crippen molar-refractivity contribution in [3.8, 4) is 0 Å². The highest BCUT2D eigenvalue weighted by atomic mass is 16.5. The molecule has 2 fully saturated rings. The molecule has 0 radical (unpaired) electrons. The Morgan fingerprint density at radius 3 is 2.76 bits per heavy atom. The second kappa shape index (κ2) is 5.85. The van der Waals surface area contributed by atoms with Crippen LogP contribution in [0.2, 0.25) is 0 Å². The minimum Gasteiger partial charge on any atom is -0.481 e. The zero-order chi connectivity index (χ0) is 12.3. The van der Waals surface area contributed by atoms with Gasteiger partial charge in [0.15, 0.2) is 0 Å². The third-order valence-electron chi connectivity index (χ3n) is 4.45. The van der Waals surface area contributed by atoms with Gasteiger partial charge in [0.1, 0.15) is 0 Å². The number of ether oxygens (including phenoxy) is 1. The molecule has 1 aliphatic heterocycles. The normalized spacial score (nSPS) is 38.2. The van der Waals surface area contributed by atoms with Crippen LogP contribution in [0.1, 0.15) is 51.9 Å². The Morgan fingerprint density at radius 1 is 1.29 bits per heavy atom. The average Bonchev–Trinajstić information content (AvgIpc) is 2.78. The van der Waals surface area contributed by atoms with Crippen molar-refractivity contribution >= 4 is 5.97 Å². The monoisotopic (exact) mass is 240 g/mol. The van der Waals surface area contributed by atoms with Crippen LogP contribution in [0.15, 0.2) is 0 Å². The number of carboxylic acids is 1. The second-order valence-electron chi connectivity index (χ2n) is 5.84. The minimum atomic E-state index is -0.589. The predicted octanol–water partition coefficient (Wildman–Crippen LogP) is 3.08. The van der Waals surface area contributed by atoms with Crippen LogP contribution < -0.4 is 0 Å². The maximum Gasteiger partial charge on any atom is 0.306 e. The third-order valence-corrected chi connectivity index (χ3v) is 4.45. The summed E-state index contributed by atoms with van der Waals surface area (Å²) >= 11 is 0. The summed E-state index contributed by atoms with van der Waals surface area (Å²) in [6.07, 6.45) is 7.87. The van der Waals surface area contributed by atoms with Crippen molar-refractivity contribution in [3.05, 3.63) is 0 Å². The molecule has 17 heavy (non-hydrogen) atoms. The van der Waals surface area contributed by atoms with Crippen LogP contribution in [-0.4, -0.2) is 23.8 Å². The van der Waals surface area contributed by atoms with Crippen LogP contribution in [0, 0.1) is 17.8 Å². The number of carboxylic acid groups (broad SMARTS) is 1. The van der Waals surface area contributed by atoms with Crippen molar-refractivity contribution in [1.82, 2.24) is 0 Å². The summed E-state index contributed by atoms with van der Waals surface area (Å²) in [5.41, 5.74) is 0. The molecule has 0 spiro atoms. The van der Waals surface area contributed by atoms with E-state index < -0.39 is 5.97 Å². The summed E-state index contributed by atoms with van der Waals surface area (Å²) in [4.78, 5) is 11.2. The highest BCUT2D eigenvalue weighted by Crippen LogP contribution is 2.37. The summed E-state index contributed by atoms with van der Waals surface area (Å²) in [6, 6.07) is 0. The van der Waals surface area contributed by atoms with Gasteiger partial charge in [-0.05, 0) is 56.8 Å². The first-order valence-corrected chi connectivity index (χ1v) is 7.01. The molecule has 0 aromatic rings. The van der Waals surface area contributed by atoms with Gasteiger partial charge in [0.2, 0.25) is 0 Å². The van der Waals surface area contributed by atoms with Gasteiger partial charge in [-0.15, -0.1) is 0 Å². The molecular weight excluding hydrogens is 216 g/mol. The maximum absolute atomic E-state index is 11.2. The molecule has 98 valence electrons. The lowest BCUT2D eigenvalue weighted by Gasteiger charge is -2.32. The van der Waals surface area contributed by atoms with E-state index in [2.05, 4.69) is 6.92 Å². The van der Waals surface area contributed by atoms with Gasteiger partial charge in [0.25, 0.3) is 0 Å². The number of hydrogen-bond donors (Lipinski definition) is 1. The Balaban J connectivity index is 1.83. The lowest BCUT2D eigenvalue weighted by Crippen LogP contribution is -2.30. The molecule has 1 heterocycles. The molecule has 2 aliphatic rings. The van der Waals surface area contributed by atoms with Crippen molar-refractivity contribution < 1.29 is 14.6 Å². The zero-order valence-electron chi connectivity index (χ0n) is 10.7. The Labute approximate surface area is 104 Å². The van der Waals surface area contributed by atoms with E-state index in [1.165, 1.54) is 12.8 Å². The molecule has 4 unspecified atom stereocenters. The maximum atomic E-state index is 11.2. The van der Waals surface area contributed by atoms with E-state index in [0.717, 1.165) is 38.7 Å². The SMILES string of the molecule is CC1CCC(C(=O)O)C(CCC2CCCO2)C1. The standard InChI is InChI=1S/C14H24O3/c1-10-4-7-13(14(15)16)11(9-10)5-6-12-3-2-8-17-12/h10-13H,2-9H2,1H3,(H,15,16). The number of carbonyl (C=O) groups is 1. The van der Waals surface area contributed by atoms with Crippen LogP contribution in [0.3, 0.4) is 0 Å². The molecule has 1 saturated heterocycles. The van der Waals surface area contributed by atoms with Crippen LogP contribution >= 0.6 is 0 Å². The molecule has 3 nitrogen and oxygen atoms in total. The highest BCUT2D eigenvalue weighted by Gasteiger charge is 2.33. The fraction of sp³-hybridized carbons (Fsp3) is 0.929. The minimum absolute atomic E-state index is 0.104. The summed E-state index contributed by atoms with van der Waals surface area (Å²) < 4.78 is 5.62. The van der Waals surface area contributed by atoms with Crippen molar-refractivity contribution in [1.29, 1.82) is 0 Å². The molecule has 1 N–H and O–H groups in total. The van der Waals surface area contributed by atoms with Crippen LogP contribution in [0.4, 0.5) is 0 Å². The van der Waals surface area contributed by atoms with Crippen molar-refractivity contribution in [2.75, 3.05) is 6.61 Å². The lowest BCUT2D eigenvalue weighted by atomic mass is 9.72. The average molecular weight is 240 g/mol. The molecule has 1 aliphatic carbocycles. The Kier molecular flexibility index (Phi) is 4.43. The van der Waals surface area contributed by atoms with E-state index in [4.69, 9.17) is 4.74 Å². The third kappa shape index (κ3) is 3.44. The Hall–Kier alpha value is -0.570. The van der Waals surface area contributed by atoms with E-state index in [9.17, 15) is 9.90 Å². The largest absolute Gasteiger partial charge is 0.481 e. The summed E-state index contributed by atoms with van der Waals surface area (Å²) in [7, 11) is 0. The molecule has 1 saturated carbocycles. The van der Waals surface area contributed by atoms with Crippen LogP contribution in [0.5, 0.6) is 0 Å². The molecule has 0 aromatic heterocycles. The molecule has 0 bridgehead atoms. The lowest BCUT2D eigenvalue weighted by molar-refractivity contribution is -0.145. The quantitative estimate of drug-likeness (QED) is 0.821. The number of hydrogen-bond acceptors (Lipinski definition) is 2. The van der Waals surface area contributed by atoms with Crippen LogP contribution in [-0.2, 0) is 9.53 Å². The van der Waals surface area contributed by atoms with Crippen LogP contribution in [0.25, 0.3) is 0 Å². The van der Waals surface area contributed by atoms with Gasteiger partial charge in [-0.25, -0.2) is 0 Å². The van der Waals surface area contributed by atoms with E-state index in [1.54, 1.807) is 0 Å². The van der Waals surface area contributed by atoms with Gasteiger partial charge < -0.3 is 9.84 Å². The summed E-state index contributed by atoms with van der Waals surface area (Å²) in [6.45, 7) is 3.14. The van der Waals surface area contributed by atoms with Gasteiger partial charge in [0, 0.05) is 6.61 Å². The fourth-order valence-electron chi connectivity index (χ4n) is 3.41. The Morgan fingerprint density at radius 2 is 2.12 bits per heavy atom. The summed E-state index contributed by atoms with van der Waals surface area (Å²) in [5, 5.41) is 9.26. The molecule has 3 heteroatoms. The highest BCUT2D eigenvalue weighted by molar-refractivity contribution is 5.70. The van der Waals surface area contributed by atoms with Crippen molar-refractivity contribution in [3.63, 3.8) is 0 Å². The molecule has 2 rings (SSSR count). The summed E-state index contributed by atoms with van der Waals surface area (Å²) in [5.74, 6) is 0.377. The molecule has 0 amide bonds. The van der Waals surface area contributed by atoms with E-state index in [1.807, 2.05) is 0 Å². The second-order valence-corrected chi connectivity index (χ2v) is 5.84. The first kappa shape index (κ1) is 12.9. The van der Waals surface area contributed by atoms with Crippen molar-refractivity contribution in [2.45, 2.75) is 58.0 Å². The van der Waals surface area contributed by atoms with Gasteiger partial charge in [-0.1, -0.05) is 6.92 Å². The van der Waals surface area contributed by atoms with Gasteiger partial charge >= 0.3 is 5.97 Å². The van der Waals surface area contributed by atoms with Crippen molar-refractivity contribution in [2.24, 2.45) is 17.8 Å².